The summed E-state index contributed by atoms with van der Waals surface area (Å²) in [6.07, 6.45) is 3.17. The molecule has 0 saturated heterocycles. The third-order valence-corrected chi connectivity index (χ3v) is 2.73. The van der Waals surface area contributed by atoms with Crippen LogP contribution in [0.3, 0.4) is 0 Å². The van der Waals surface area contributed by atoms with E-state index in [1.807, 2.05) is 25.1 Å². The van der Waals surface area contributed by atoms with Crippen LogP contribution in [0.4, 0.5) is 5.69 Å². The summed E-state index contributed by atoms with van der Waals surface area (Å²) in [6, 6.07) is 5.89. The van der Waals surface area contributed by atoms with E-state index in [4.69, 9.17) is 10.2 Å². The van der Waals surface area contributed by atoms with Crippen molar-refractivity contribution in [3.05, 3.63) is 36.2 Å². The summed E-state index contributed by atoms with van der Waals surface area (Å²) in [5.74, 6) is 0. The number of anilines is 1. The number of hydrogen-bond donors (Lipinski definition) is 1. The van der Waals surface area contributed by atoms with Gasteiger partial charge in [0.2, 0.25) is 0 Å². The molecule has 0 unspecified atom stereocenters. The summed E-state index contributed by atoms with van der Waals surface area (Å²) < 4.78 is 5.13. The molecule has 0 bridgehead atoms. The van der Waals surface area contributed by atoms with E-state index >= 15 is 0 Å². The van der Waals surface area contributed by atoms with Crippen LogP contribution < -0.4 is 5.73 Å². The van der Waals surface area contributed by atoms with Gasteiger partial charge in [0.1, 0.15) is 6.26 Å². The lowest BCUT2D eigenvalue weighted by atomic mass is 10.2. The molecule has 1 aromatic heterocycles. The quantitative estimate of drug-likeness (QED) is 0.767. The molecule has 0 fully saturated rings. The minimum atomic E-state index is 0.613. The number of benzene rings is 1. The van der Waals surface area contributed by atoms with Gasteiger partial charge in [-0.2, -0.15) is 0 Å². The van der Waals surface area contributed by atoms with Crippen molar-refractivity contribution in [2.45, 2.75) is 17.0 Å². The average Bonchev–Trinajstić information content (AvgIpc) is 2.64. The molecule has 2 rings (SSSR count). The van der Waals surface area contributed by atoms with Crippen LogP contribution in [0, 0.1) is 6.92 Å². The van der Waals surface area contributed by atoms with Gasteiger partial charge in [-0.05, 0) is 36.4 Å². The Morgan fingerprint density at radius 3 is 3.00 bits per heavy atom. The number of rotatable bonds is 2. The molecule has 3 nitrogen and oxygen atoms in total. The van der Waals surface area contributed by atoms with Gasteiger partial charge in [-0.1, -0.05) is 6.07 Å². The number of hydrogen-bond acceptors (Lipinski definition) is 4. The highest BCUT2D eigenvalue weighted by molar-refractivity contribution is 7.99. The number of oxazole rings is 1. The normalized spacial score (nSPS) is 10.4. The van der Waals surface area contributed by atoms with Gasteiger partial charge in [0, 0.05) is 10.6 Å². The van der Waals surface area contributed by atoms with Crippen LogP contribution in [0.15, 0.2) is 45.2 Å². The largest absolute Gasteiger partial charge is 0.440 e. The second-order valence-electron chi connectivity index (χ2n) is 2.94. The standard InChI is InChI=1S/C10H10N2OS/c1-7-2-3-8(11)9(6-7)14-10-12-4-5-13-10/h2-6H,11H2,1H3. The minimum absolute atomic E-state index is 0.613. The molecule has 0 atom stereocenters. The average molecular weight is 206 g/mol. The number of nitrogens with zero attached hydrogens (tertiary/aromatic N) is 1. The Morgan fingerprint density at radius 2 is 2.29 bits per heavy atom. The van der Waals surface area contributed by atoms with Gasteiger partial charge < -0.3 is 10.2 Å². The number of nitrogens with two attached hydrogens (primary N) is 1. The summed E-state index contributed by atoms with van der Waals surface area (Å²) >= 11 is 1.43. The van der Waals surface area contributed by atoms with Crippen LogP contribution in [0.2, 0.25) is 0 Å². The molecule has 14 heavy (non-hydrogen) atoms. The maximum atomic E-state index is 5.82. The molecular weight excluding hydrogens is 196 g/mol. The summed E-state index contributed by atoms with van der Waals surface area (Å²) in [4.78, 5) is 5.00. The Labute approximate surface area is 86.3 Å². The Bertz CT molecular complexity index is 426. The van der Waals surface area contributed by atoms with Crippen LogP contribution in [-0.2, 0) is 0 Å². The molecule has 0 aliphatic carbocycles. The first-order valence-corrected chi connectivity index (χ1v) is 5.01. The summed E-state index contributed by atoms with van der Waals surface area (Å²) in [6.45, 7) is 2.03. The Hall–Kier alpha value is -1.42. The van der Waals surface area contributed by atoms with E-state index in [-0.39, 0.29) is 0 Å². The van der Waals surface area contributed by atoms with Gasteiger partial charge in [0.15, 0.2) is 0 Å². The van der Waals surface area contributed by atoms with Crippen LogP contribution in [0.25, 0.3) is 0 Å². The molecule has 1 aromatic carbocycles. The van der Waals surface area contributed by atoms with E-state index < -0.39 is 0 Å². The summed E-state index contributed by atoms with van der Waals surface area (Å²) in [7, 11) is 0. The smallest absolute Gasteiger partial charge is 0.260 e. The van der Waals surface area contributed by atoms with Gasteiger partial charge in [-0.15, -0.1) is 0 Å². The van der Waals surface area contributed by atoms with Crippen molar-refractivity contribution in [2.24, 2.45) is 0 Å². The molecule has 1 heterocycles. The van der Waals surface area contributed by atoms with Gasteiger partial charge in [0.25, 0.3) is 5.22 Å². The highest BCUT2D eigenvalue weighted by Crippen LogP contribution is 2.31. The van der Waals surface area contributed by atoms with E-state index in [1.165, 1.54) is 17.3 Å². The Kier molecular flexibility index (Phi) is 2.45. The second kappa shape index (κ2) is 3.75. The third-order valence-electron chi connectivity index (χ3n) is 1.78. The minimum Gasteiger partial charge on any atom is -0.440 e. The van der Waals surface area contributed by atoms with Crippen LogP contribution in [0.5, 0.6) is 0 Å². The fourth-order valence-electron chi connectivity index (χ4n) is 1.08. The molecule has 0 spiro atoms. The predicted octanol–water partition coefficient (Wildman–Crippen LogP) is 2.72. The zero-order valence-electron chi connectivity index (χ0n) is 7.73. The van der Waals surface area contributed by atoms with Crippen molar-refractivity contribution in [2.75, 3.05) is 5.73 Å². The number of nitrogen functional groups attached to an aromatic ring is 1. The molecule has 0 aliphatic rings. The highest BCUT2D eigenvalue weighted by Gasteiger charge is 2.04. The first-order chi connectivity index (χ1) is 6.75. The SMILES string of the molecule is Cc1ccc(N)c(Sc2ncco2)c1. The van der Waals surface area contributed by atoms with E-state index in [9.17, 15) is 0 Å². The van der Waals surface area contributed by atoms with Gasteiger partial charge in [-0.25, -0.2) is 4.98 Å². The van der Waals surface area contributed by atoms with Crippen molar-refractivity contribution in [1.29, 1.82) is 0 Å². The fraction of sp³-hybridized carbons (Fsp3) is 0.100. The molecule has 0 amide bonds. The number of aryl methyl sites for hydroxylation is 1. The molecule has 2 N–H and O–H groups in total. The lowest BCUT2D eigenvalue weighted by Crippen LogP contribution is -1.88. The first kappa shape index (κ1) is 9.15. The number of aromatic nitrogens is 1. The van der Waals surface area contributed by atoms with Gasteiger partial charge in [-0.3, -0.25) is 0 Å². The molecule has 4 heteroatoms. The predicted molar refractivity (Wildman–Crippen MR) is 56.2 cm³/mol. The lowest BCUT2D eigenvalue weighted by molar-refractivity contribution is 0.454. The fourth-order valence-corrected chi connectivity index (χ4v) is 1.92. The van der Waals surface area contributed by atoms with Crippen LogP contribution in [0.1, 0.15) is 5.56 Å². The Balaban J connectivity index is 2.28. The maximum Gasteiger partial charge on any atom is 0.260 e. The lowest BCUT2D eigenvalue weighted by Gasteiger charge is -2.02. The molecule has 0 aliphatic heterocycles. The maximum absolute atomic E-state index is 5.82. The van der Waals surface area contributed by atoms with Crippen LogP contribution in [-0.4, -0.2) is 4.98 Å². The van der Waals surface area contributed by atoms with Crippen molar-refractivity contribution in [1.82, 2.24) is 4.98 Å². The summed E-state index contributed by atoms with van der Waals surface area (Å²) in [5, 5.41) is 0.613. The van der Waals surface area contributed by atoms with Gasteiger partial charge >= 0.3 is 0 Å². The topological polar surface area (TPSA) is 52.0 Å². The zero-order valence-corrected chi connectivity index (χ0v) is 8.54. The molecule has 72 valence electrons. The molecule has 0 radical (unpaired) electrons. The van der Waals surface area contributed by atoms with Crippen molar-refractivity contribution < 1.29 is 4.42 Å². The van der Waals surface area contributed by atoms with E-state index in [2.05, 4.69) is 4.98 Å². The van der Waals surface area contributed by atoms with Crippen LogP contribution >= 0.6 is 11.8 Å². The van der Waals surface area contributed by atoms with E-state index in [0.29, 0.717) is 5.22 Å². The third kappa shape index (κ3) is 1.90. The molecular formula is C10H10N2OS. The Morgan fingerprint density at radius 1 is 1.43 bits per heavy atom. The van der Waals surface area contributed by atoms with Gasteiger partial charge in [0.05, 0.1) is 6.20 Å². The van der Waals surface area contributed by atoms with Crippen molar-refractivity contribution in [3.8, 4) is 0 Å². The monoisotopic (exact) mass is 206 g/mol. The first-order valence-electron chi connectivity index (χ1n) is 4.19. The van der Waals surface area contributed by atoms with Crippen molar-refractivity contribution >= 4 is 17.4 Å². The van der Waals surface area contributed by atoms with E-state index in [0.717, 1.165) is 10.6 Å². The van der Waals surface area contributed by atoms with E-state index in [1.54, 1.807) is 12.5 Å². The second-order valence-corrected chi connectivity index (χ2v) is 3.93. The van der Waals surface area contributed by atoms with Crippen molar-refractivity contribution in [3.63, 3.8) is 0 Å². The molecule has 2 aromatic rings. The summed E-state index contributed by atoms with van der Waals surface area (Å²) in [5.41, 5.74) is 7.74. The highest BCUT2D eigenvalue weighted by atomic mass is 32.2. The zero-order chi connectivity index (χ0) is 9.97. The molecule has 0 saturated carbocycles.